The standard InChI is InChI=1S/C34H38Cl2FN3O4/c1-6-14-40-27(17-33(2,3)4)34(18-38-25-16-20(35)11-12-22(25)34)28(21-8-7-9-23(36)29(21)37)30(40)31(41)39-24-13-10-19(32(42)43)15-26(24)44-5/h7-13,15-16,27-28,30,38H,6,14,17-18H2,1-5H3,(H,39,41)(H,42,43)/t27-,28-,30+,34-/m0/s1. The Morgan fingerprint density at radius 1 is 1.16 bits per heavy atom. The Kier molecular flexibility index (Phi) is 8.91. The normalized spacial score (nSPS) is 23.0. The van der Waals surface area contributed by atoms with Crippen molar-refractivity contribution >= 4 is 46.5 Å². The molecule has 0 aliphatic carbocycles. The van der Waals surface area contributed by atoms with Gasteiger partial charge in [-0.3, -0.25) is 9.69 Å². The van der Waals surface area contributed by atoms with Crippen LogP contribution in [0.5, 0.6) is 5.75 Å². The van der Waals surface area contributed by atoms with Crippen LogP contribution in [0.4, 0.5) is 15.8 Å². The van der Waals surface area contributed by atoms with E-state index in [9.17, 15) is 14.7 Å². The van der Waals surface area contributed by atoms with Crippen LogP contribution in [-0.4, -0.2) is 54.2 Å². The third kappa shape index (κ3) is 5.64. The zero-order valence-corrected chi connectivity index (χ0v) is 27.0. The molecule has 1 saturated heterocycles. The quantitative estimate of drug-likeness (QED) is 0.232. The maximum atomic E-state index is 16.2. The lowest BCUT2D eigenvalue weighted by Gasteiger charge is -2.41. The highest BCUT2D eigenvalue weighted by molar-refractivity contribution is 6.31. The van der Waals surface area contributed by atoms with Crippen LogP contribution >= 0.6 is 23.2 Å². The van der Waals surface area contributed by atoms with Crippen molar-refractivity contribution in [3.05, 3.63) is 87.2 Å². The first-order chi connectivity index (χ1) is 20.8. The van der Waals surface area contributed by atoms with Crippen LogP contribution in [0.1, 0.15) is 67.9 Å². The summed E-state index contributed by atoms with van der Waals surface area (Å²) in [6.07, 6.45) is 1.50. The highest BCUT2D eigenvalue weighted by Gasteiger charge is 2.64. The molecule has 0 radical (unpaired) electrons. The van der Waals surface area contributed by atoms with E-state index >= 15 is 4.39 Å². The Hall–Kier alpha value is -3.33. The average molecular weight is 643 g/mol. The van der Waals surface area contributed by atoms with Crippen molar-refractivity contribution in [2.45, 2.75) is 64.0 Å². The lowest BCUT2D eigenvalue weighted by Crippen LogP contribution is -2.49. The van der Waals surface area contributed by atoms with E-state index in [4.69, 9.17) is 27.9 Å². The summed E-state index contributed by atoms with van der Waals surface area (Å²) in [5.74, 6) is -2.42. The second-order valence-corrected chi connectivity index (χ2v) is 13.7. The molecule has 44 heavy (non-hydrogen) atoms. The number of carboxylic acid groups (broad SMARTS) is 1. The van der Waals surface area contributed by atoms with Gasteiger partial charge in [0.25, 0.3) is 0 Å². The number of nitrogens with zero attached hydrogens (tertiary/aromatic N) is 1. The molecule has 5 rings (SSSR count). The van der Waals surface area contributed by atoms with E-state index in [1.165, 1.54) is 31.4 Å². The summed E-state index contributed by atoms with van der Waals surface area (Å²) in [7, 11) is 1.42. The van der Waals surface area contributed by atoms with Crippen molar-refractivity contribution in [2.24, 2.45) is 5.41 Å². The summed E-state index contributed by atoms with van der Waals surface area (Å²) >= 11 is 12.8. The number of benzene rings is 3. The number of halogens is 3. The van der Waals surface area contributed by atoms with Gasteiger partial charge in [0.2, 0.25) is 5.91 Å². The summed E-state index contributed by atoms with van der Waals surface area (Å²) in [5.41, 5.74) is 1.74. The molecule has 1 amide bonds. The highest BCUT2D eigenvalue weighted by atomic mass is 35.5. The minimum atomic E-state index is -1.11. The van der Waals surface area contributed by atoms with Gasteiger partial charge in [-0.1, -0.05) is 69.1 Å². The molecule has 2 aliphatic rings. The van der Waals surface area contributed by atoms with Gasteiger partial charge in [0.05, 0.1) is 29.4 Å². The molecule has 1 spiro atoms. The van der Waals surface area contributed by atoms with Crippen LogP contribution in [0.25, 0.3) is 0 Å². The summed E-state index contributed by atoms with van der Waals surface area (Å²) in [4.78, 5) is 28.5. The second-order valence-electron chi connectivity index (χ2n) is 12.9. The molecule has 2 aliphatic heterocycles. The van der Waals surface area contributed by atoms with Gasteiger partial charge in [-0.15, -0.1) is 0 Å². The lowest BCUT2D eigenvalue weighted by molar-refractivity contribution is -0.121. The lowest BCUT2D eigenvalue weighted by atomic mass is 9.63. The van der Waals surface area contributed by atoms with Crippen molar-refractivity contribution in [1.29, 1.82) is 0 Å². The number of hydrogen-bond acceptors (Lipinski definition) is 5. The third-order valence-electron chi connectivity index (χ3n) is 8.86. The van der Waals surface area contributed by atoms with Crippen molar-refractivity contribution < 1.29 is 23.8 Å². The molecule has 3 aromatic carbocycles. The smallest absolute Gasteiger partial charge is 0.335 e. The first kappa shape index (κ1) is 32.1. The molecule has 4 atom stereocenters. The molecule has 234 valence electrons. The Morgan fingerprint density at radius 2 is 1.91 bits per heavy atom. The number of ether oxygens (including phenoxy) is 1. The van der Waals surface area contributed by atoms with Gasteiger partial charge in [-0.05, 0) is 72.3 Å². The fraction of sp³-hybridized carbons (Fsp3) is 0.412. The van der Waals surface area contributed by atoms with Gasteiger partial charge in [0, 0.05) is 34.6 Å². The van der Waals surface area contributed by atoms with E-state index in [0.717, 1.165) is 24.1 Å². The second kappa shape index (κ2) is 12.2. The summed E-state index contributed by atoms with van der Waals surface area (Å²) in [5, 5.41) is 16.6. The summed E-state index contributed by atoms with van der Waals surface area (Å²) in [6, 6.07) is 14.0. The number of anilines is 2. The molecule has 0 saturated carbocycles. The SMILES string of the molecule is CCCN1[C@@H](CC(C)(C)C)[C@@]2(CNc3cc(Cl)ccc32)[C@@H](c2cccc(Cl)c2F)[C@@H]1C(=O)Nc1ccc(C(=O)O)cc1OC. The monoisotopic (exact) mass is 641 g/mol. The average Bonchev–Trinajstić information content (AvgIpc) is 3.45. The van der Waals surface area contributed by atoms with E-state index in [1.54, 1.807) is 12.1 Å². The Bertz CT molecular complexity index is 1590. The van der Waals surface area contributed by atoms with Gasteiger partial charge < -0.3 is 20.5 Å². The molecule has 3 N–H and O–H groups in total. The predicted molar refractivity (Wildman–Crippen MR) is 173 cm³/mol. The van der Waals surface area contributed by atoms with E-state index in [1.807, 2.05) is 18.2 Å². The topological polar surface area (TPSA) is 90.9 Å². The van der Waals surface area contributed by atoms with Gasteiger partial charge in [-0.2, -0.15) is 0 Å². The van der Waals surface area contributed by atoms with Crippen LogP contribution in [0.15, 0.2) is 54.6 Å². The minimum absolute atomic E-state index is 0.00802. The predicted octanol–water partition coefficient (Wildman–Crippen LogP) is 7.82. The molecule has 0 unspecified atom stereocenters. The number of likely N-dealkylation sites (tertiary alicyclic amines) is 1. The zero-order chi connectivity index (χ0) is 32.0. The fourth-order valence-corrected chi connectivity index (χ4v) is 7.58. The van der Waals surface area contributed by atoms with Gasteiger partial charge >= 0.3 is 5.97 Å². The zero-order valence-electron chi connectivity index (χ0n) is 25.5. The summed E-state index contributed by atoms with van der Waals surface area (Å²) < 4.78 is 21.7. The van der Waals surface area contributed by atoms with Crippen LogP contribution in [-0.2, 0) is 10.2 Å². The number of aromatic carboxylic acids is 1. The van der Waals surface area contributed by atoms with Crippen LogP contribution in [0.3, 0.4) is 0 Å². The number of hydrogen-bond donors (Lipinski definition) is 3. The Morgan fingerprint density at radius 3 is 2.57 bits per heavy atom. The molecular weight excluding hydrogens is 604 g/mol. The highest BCUT2D eigenvalue weighted by Crippen LogP contribution is 2.60. The molecule has 2 heterocycles. The largest absolute Gasteiger partial charge is 0.495 e. The van der Waals surface area contributed by atoms with Crippen LogP contribution < -0.4 is 15.4 Å². The molecular formula is C34H38Cl2FN3O4. The van der Waals surface area contributed by atoms with Gasteiger partial charge in [0.1, 0.15) is 11.6 Å². The third-order valence-corrected chi connectivity index (χ3v) is 9.38. The first-order valence-electron chi connectivity index (χ1n) is 14.8. The number of nitrogens with one attached hydrogen (secondary N) is 2. The molecule has 1 fully saturated rings. The fourth-order valence-electron chi connectivity index (χ4n) is 7.23. The van der Waals surface area contributed by atoms with E-state index < -0.39 is 29.2 Å². The van der Waals surface area contributed by atoms with Crippen LogP contribution in [0, 0.1) is 11.2 Å². The van der Waals surface area contributed by atoms with Crippen molar-refractivity contribution in [3.63, 3.8) is 0 Å². The number of carbonyl (C=O) groups is 2. The maximum absolute atomic E-state index is 16.2. The molecule has 7 nitrogen and oxygen atoms in total. The minimum Gasteiger partial charge on any atom is -0.495 e. The maximum Gasteiger partial charge on any atom is 0.335 e. The molecule has 0 aromatic heterocycles. The van der Waals surface area contributed by atoms with Crippen molar-refractivity contribution in [1.82, 2.24) is 4.90 Å². The van der Waals surface area contributed by atoms with E-state index in [2.05, 4.69) is 43.2 Å². The number of rotatable bonds is 8. The number of methoxy groups -OCH3 is 1. The molecule has 10 heteroatoms. The molecule has 0 bridgehead atoms. The van der Waals surface area contributed by atoms with E-state index in [-0.39, 0.29) is 33.7 Å². The number of fused-ring (bicyclic) bond motifs is 2. The van der Waals surface area contributed by atoms with Gasteiger partial charge in [-0.25, -0.2) is 9.18 Å². The Balaban J connectivity index is 1.75. The van der Waals surface area contributed by atoms with Gasteiger partial charge in [0.15, 0.2) is 0 Å². The van der Waals surface area contributed by atoms with Crippen molar-refractivity contribution in [3.8, 4) is 5.75 Å². The Labute approximate surface area is 267 Å². The van der Waals surface area contributed by atoms with Crippen LogP contribution in [0.2, 0.25) is 10.0 Å². The van der Waals surface area contributed by atoms with E-state index in [0.29, 0.717) is 29.4 Å². The summed E-state index contributed by atoms with van der Waals surface area (Å²) in [6.45, 7) is 9.66. The first-order valence-corrected chi connectivity index (χ1v) is 15.5. The number of amides is 1. The number of carboxylic acids is 1. The molecule has 3 aromatic rings. The van der Waals surface area contributed by atoms with Crippen molar-refractivity contribution in [2.75, 3.05) is 30.8 Å². The number of carbonyl (C=O) groups excluding carboxylic acids is 1.